The van der Waals surface area contributed by atoms with Crippen LogP contribution in [0, 0.1) is 35.0 Å². The van der Waals surface area contributed by atoms with Crippen LogP contribution in [0.4, 0.5) is 0 Å². The predicted octanol–water partition coefficient (Wildman–Crippen LogP) is -0.356. The Morgan fingerprint density at radius 3 is 1.00 bits per heavy atom. The molecule has 0 saturated carbocycles. The molecule has 0 aromatic carbocycles. The van der Waals surface area contributed by atoms with Crippen LogP contribution < -0.4 is 0 Å². The zero-order chi connectivity index (χ0) is 3.58. The Kier molecular flexibility index (Phi) is 2.40. The molecule has 0 saturated heterocycles. The predicted molar refractivity (Wildman–Crippen MR) is 2.06 cm³/mol. The van der Waals surface area contributed by atoms with E-state index >= 15 is 0 Å². The van der Waals surface area contributed by atoms with Gasteiger partial charge in [-0.25, -0.2) is 0 Å². The van der Waals surface area contributed by atoms with Gasteiger partial charge in [0.25, 0.3) is 0 Å². The van der Waals surface area contributed by atoms with Crippen molar-refractivity contribution in [1.29, 1.82) is 0 Å². The van der Waals surface area contributed by atoms with Gasteiger partial charge in [-0.3, -0.25) is 0 Å². The van der Waals surface area contributed by atoms with Crippen molar-refractivity contribution in [2.24, 2.45) is 0 Å². The van der Waals surface area contributed by atoms with Gasteiger partial charge >= 0.3 is 38.2 Å². The summed E-state index contributed by atoms with van der Waals surface area (Å²) >= 11 is -4.41. The second-order valence-corrected chi connectivity index (χ2v) is 1.85. The summed E-state index contributed by atoms with van der Waals surface area (Å²) in [7, 11) is 0. The second-order valence-electron chi connectivity index (χ2n) is 0.250. The minimum atomic E-state index is -4.41. The van der Waals surface area contributed by atoms with E-state index in [9.17, 15) is 0 Å². The van der Waals surface area contributed by atoms with E-state index in [1.165, 1.54) is 0 Å². The van der Waals surface area contributed by atoms with E-state index in [0.29, 0.717) is 0 Å². The molecule has 0 bridgehead atoms. The van der Waals surface area contributed by atoms with Gasteiger partial charge in [-0.15, -0.1) is 0 Å². The number of hydrogen-bond acceptors (Lipinski definition) is 3. The van der Waals surface area contributed by atoms with Crippen LogP contribution in [0.3, 0.4) is 0 Å². The summed E-state index contributed by atoms with van der Waals surface area (Å²) in [6, 6.07) is 0. The molecule has 4 heteroatoms. The van der Waals surface area contributed by atoms with Crippen molar-refractivity contribution in [1.82, 2.24) is 0 Å². The third kappa shape index (κ3) is 15.0. The average Bonchev–Trinajstić information content (AvgIpc) is 0.811. The Morgan fingerprint density at radius 2 is 1.00 bits per heavy atom. The molecule has 0 aliphatic carbocycles. The Hall–Kier alpha value is 0.751. The van der Waals surface area contributed by atoms with Gasteiger partial charge in [0.2, 0.25) is 0 Å². The fourth-order valence-electron chi connectivity index (χ4n) is 0. The molecule has 0 unspecified atom stereocenters. The first-order chi connectivity index (χ1) is 1.73. The Bertz CT molecular complexity index is 72.7. The van der Waals surface area contributed by atoms with E-state index in [-0.39, 0.29) is 0 Å². The number of hydrogen-bond donors (Lipinski definition) is 0. The van der Waals surface area contributed by atoms with Crippen molar-refractivity contribution in [2.45, 2.75) is 0 Å². The topological polar surface area (TPSA) is 51.2 Å². The van der Waals surface area contributed by atoms with Crippen molar-refractivity contribution in [3.63, 3.8) is 0 Å². The molecular weight excluding hydrogens is 192 g/mol. The van der Waals surface area contributed by atoms with Gasteiger partial charge in [0, 0.05) is 0 Å². The molecule has 0 radical (unpaired) electrons. The van der Waals surface area contributed by atoms with Crippen LogP contribution in [-0.4, -0.2) is 0 Å². The maximum atomic E-state index is 8.63. The van der Waals surface area contributed by atoms with Gasteiger partial charge < -0.3 is 0 Å². The summed E-state index contributed by atoms with van der Waals surface area (Å²) in [5.41, 5.74) is 0. The molecule has 0 aliphatic rings. The van der Waals surface area contributed by atoms with Crippen LogP contribution in [0.2, 0.25) is 0 Å². The van der Waals surface area contributed by atoms with E-state index < -0.39 is 35.0 Å². The zero-order valence-corrected chi connectivity index (χ0v) is 4.93. The molecule has 0 N–H and O–H groups in total. The molecule has 22 valence electrons. The quantitative estimate of drug-likeness (QED) is 0.527. The molecule has 0 atom stereocenters. The van der Waals surface area contributed by atoms with E-state index in [2.05, 4.69) is 0 Å². The molecule has 0 heterocycles. The molecule has 0 aliphatic heterocycles. The van der Waals surface area contributed by atoms with Crippen molar-refractivity contribution < 1.29 is 38.2 Å². The van der Waals surface area contributed by atoms with Gasteiger partial charge in [0.05, 0.1) is 0 Å². The summed E-state index contributed by atoms with van der Waals surface area (Å²) in [5.74, 6) is 0. The SMILES string of the molecule is [O]=[Nd](=[O])=[O]. The summed E-state index contributed by atoms with van der Waals surface area (Å²) < 4.78 is 25.9. The first kappa shape index (κ1) is 4.75. The van der Waals surface area contributed by atoms with Crippen LogP contribution in [0.25, 0.3) is 0 Å². The van der Waals surface area contributed by atoms with E-state index in [1.54, 1.807) is 0 Å². The van der Waals surface area contributed by atoms with E-state index in [1.807, 2.05) is 0 Å². The van der Waals surface area contributed by atoms with Crippen LogP contribution >= 0.6 is 0 Å². The van der Waals surface area contributed by atoms with Crippen LogP contribution in [-0.2, 0) is 3.15 Å². The second kappa shape index (κ2) is 2.02. The summed E-state index contributed by atoms with van der Waals surface area (Å²) in [5, 5.41) is 0. The molecule has 0 aromatic heterocycles. The third-order valence-electron chi connectivity index (χ3n) is 0. The average molecular weight is 192 g/mol. The Labute approximate surface area is 37.7 Å². The summed E-state index contributed by atoms with van der Waals surface area (Å²) in [4.78, 5) is 0. The molecule has 0 aromatic rings. The maximum absolute atomic E-state index is 8.63. The fraction of sp³-hybridized carbons (Fsp3) is 0. The van der Waals surface area contributed by atoms with Crippen molar-refractivity contribution in [3.8, 4) is 0 Å². The molecule has 4 heavy (non-hydrogen) atoms. The zero-order valence-electron chi connectivity index (χ0n) is 1.72. The monoisotopic (exact) mass is 190 g/mol. The molecule has 3 nitrogen and oxygen atoms in total. The van der Waals surface area contributed by atoms with Gasteiger partial charge in [-0.1, -0.05) is 0 Å². The number of rotatable bonds is 0. The summed E-state index contributed by atoms with van der Waals surface area (Å²) in [6.45, 7) is 0. The molecular formula is NdO3. The third-order valence-corrected chi connectivity index (χ3v) is 0. The standard InChI is InChI=1S/Nd.3O. The molecule has 0 amide bonds. The Morgan fingerprint density at radius 1 is 1.00 bits per heavy atom. The van der Waals surface area contributed by atoms with Gasteiger partial charge in [0.15, 0.2) is 0 Å². The first-order valence-corrected chi connectivity index (χ1v) is 4.54. The van der Waals surface area contributed by atoms with Crippen LogP contribution in [0.5, 0.6) is 0 Å². The Balaban J connectivity index is 4.65. The van der Waals surface area contributed by atoms with Crippen LogP contribution in [0.1, 0.15) is 0 Å². The molecule has 0 fully saturated rings. The normalized spacial score (nSPS) is 3.75. The minimum absolute atomic E-state index is 4.41. The molecule has 0 spiro atoms. The van der Waals surface area contributed by atoms with Gasteiger partial charge in [-0.05, 0) is 0 Å². The van der Waals surface area contributed by atoms with E-state index in [0.717, 1.165) is 0 Å². The van der Waals surface area contributed by atoms with E-state index in [4.69, 9.17) is 3.15 Å². The van der Waals surface area contributed by atoms with Crippen LogP contribution in [0.15, 0.2) is 0 Å². The molecule has 0 rings (SSSR count). The van der Waals surface area contributed by atoms with Crippen molar-refractivity contribution in [2.75, 3.05) is 0 Å². The van der Waals surface area contributed by atoms with Gasteiger partial charge in [-0.2, -0.15) is 0 Å². The van der Waals surface area contributed by atoms with Crippen molar-refractivity contribution in [3.05, 3.63) is 0 Å². The summed E-state index contributed by atoms with van der Waals surface area (Å²) in [6.07, 6.45) is 0. The van der Waals surface area contributed by atoms with Gasteiger partial charge in [0.1, 0.15) is 0 Å². The van der Waals surface area contributed by atoms with Crippen molar-refractivity contribution >= 4 is 0 Å². The fourth-order valence-corrected chi connectivity index (χ4v) is 0. The first-order valence-electron chi connectivity index (χ1n) is 0.612.